The fourth-order valence-electron chi connectivity index (χ4n) is 3.03. The number of phenols is 1. The molecule has 0 heterocycles. The first kappa shape index (κ1) is 23.3. The molecule has 0 amide bonds. The topological polar surface area (TPSA) is 87.0 Å². The van der Waals surface area contributed by atoms with E-state index >= 15 is 0 Å². The van der Waals surface area contributed by atoms with Crippen LogP contribution in [0.1, 0.15) is 75.6 Å². The highest BCUT2D eigenvalue weighted by Crippen LogP contribution is 2.38. The van der Waals surface area contributed by atoms with Gasteiger partial charge in [-0.2, -0.15) is 0 Å². The van der Waals surface area contributed by atoms with Crippen molar-refractivity contribution >= 4 is 5.97 Å². The van der Waals surface area contributed by atoms with E-state index in [0.29, 0.717) is 38.7 Å². The molecule has 5 nitrogen and oxygen atoms in total. The molecular weight excluding hydrogens is 344 g/mol. The largest absolute Gasteiger partial charge is 0.507 e. The van der Waals surface area contributed by atoms with Crippen LogP contribution in [0.3, 0.4) is 0 Å². The molecule has 0 aliphatic heterocycles. The third-order valence-corrected chi connectivity index (χ3v) is 5.79. The minimum atomic E-state index is -0.808. The van der Waals surface area contributed by atoms with Crippen LogP contribution in [0.2, 0.25) is 0 Å². The van der Waals surface area contributed by atoms with Crippen LogP contribution in [0.25, 0.3) is 0 Å². The standard InChI is InChI=1S/C22H36O5/c1-8-22(7,26)12-10-17-16(4)18(23)14(2)15(3)19(17)27-13-9-11-21(5,6)20(24)25/h23,26H,8-13H2,1-7H3,(H,24,25). The number of aliphatic hydroxyl groups is 1. The van der Waals surface area contributed by atoms with Gasteiger partial charge in [0.15, 0.2) is 0 Å². The number of aliphatic carboxylic acids is 1. The Bertz CT molecular complexity index is 674. The van der Waals surface area contributed by atoms with Crippen LogP contribution in [0.15, 0.2) is 0 Å². The van der Waals surface area contributed by atoms with Crippen molar-refractivity contribution in [2.24, 2.45) is 5.41 Å². The predicted octanol–water partition coefficient (Wildman–Crippen LogP) is 4.68. The molecule has 5 heteroatoms. The summed E-state index contributed by atoms with van der Waals surface area (Å²) in [4.78, 5) is 11.2. The van der Waals surface area contributed by atoms with E-state index in [9.17, 15) is 20.1 Å². The van der Waals surface area contributed by atoms with Gasteiger partial charge in [0.1, 0.15) is 11.5 Å². The lowest BCUT2D eigenvalue weighted by Gasteiger charge is -2.25. The molecule has 0 aliphatic carbocycles. The van der Waals surface area contributed by atoms with E-state index in [1.54, 1.807) is 13.8 Å². The summed E-state index contributed by atoms with van der Waals surface area (Å²) in [5, 5.41) is 30.0. The molecule has 1 unspecified atom stereocenters. The van der Waals surface area contributed by atoms with E-state index in [4.69, 9.17) is 4.74 Å². The molecule has 27 heavy (non-hydrogen) atoms. The molecule has 1 aromatic rings. The van der Waals surface area contributed by atoms with Gasteiger partial charge in [-0.3, -0.25) is 4.79 Å². The van der Waals surface area contributed by atoms with E-state index in [2.05, 4.69) is 0 Å². The Morgan fingerprint density at radius 3 is 2.15 bits per heavy atom. The monoisotopic (exact) mass is 380 g/mol. The van der Waals surface area contributed by atoms with Gasteiger partial charge in [-0.25, -0.2) is 0 Å². The van der Waals surface area contributed by atoms with Crippen LogP contribution in [0.4, 0.5) is 0 Å². The van der Waals surface area contributed by atoms with E-state index in [-0.39, 0.29) is 5.75 Å². The number of carbonyl (C=O) groups is 1. The van der Waals surface area contributed by atoms with Crippen molar-refractivity contribution in [1.29, 1.82) is 0 Å². The zero-order chi connectivity index (χ0) is 21.0. The third-order valence-electron chi connectivity index (χ3n) is 5.79. The molecule has 0 fully saturated rings. The van der Waals surface area contributed by atoms with Gasteiger partial charge in [-0.1, -0.05) is 6.92 Å². The first-order chi connectivity index (χ1) is 12.3. The molecule has 0 bridgehead atoms. The molecule has 0 aliphatic rings. The van der Waals surface area contributed by atoms with E-state index in [1.807, 2.05) is 34.6 Å². The van der Waals surface area contributed by atoms with Crippen LogP contribution >= 0.6 is 0 Å². The van der Waals surface area contributed by atoms with Gasteiger partial charge in [0.2, 0.25) is 0 Å². The van der Waals surface area contributed by atoms with Gasteiger partial charge in [-0.05, 0) is 90.3 Å². The highest BCUT2D eigenvalue weighted by molar-refractivity contribution is 5.73. The van der Waals surface area contributed by atoms with Crippen molar-refractivity contribution < 1.29 is 24.9 Å². The predicted molar refractivity (Wildman–Crippen MR) is 108 cm³/mol. The Labute approximate surface area is 163 Å². The quantitative estimate of drug-likeness (QED) is 0.513. The first-order valence-electron chi connectivity index (χ1n) is 9.74. The van der Waals surface area contributed by atoms with Gasteiger partial charge < -0.3 is 20.1 Å². The fourth-order valence-corrected chi connectivity index (χ4v) is 3.03. The van der Waals surface area contributed by atoms with Crippen LogP contribution in [-0.2, 0) is 11.2 Å². The second kappa shape index (κ2) is 8.96. The van der Waals surface area contributed by atoms with Crippen molar-refractivity contribution in [2.75, 3.05) is 6.61 Å². The highest BCUT2D eigenvalue weighted by atomic mass is 16.5. The van der Waals surface area contributed by atoms with Crippen LogP contribution < -0.4 is 4.74 Å². The normalized spacial score (nSPS) is 14.1. The molecule has 0 aromatic heterocycles. The molecule has 3 N–H and O–H groups in total. The SMILES string of the molecule is CCC(C)(O)CCc1c(C)c(O)c(C)c(C)c1OCCCC(C)(C)C(=O)O. The number of phenolic OH excluding ortho intramolecular Hbond substituents is 1. The maximum Gasteiger partial charge on any atom is 0.309 e. The molecule has 1 aromatic carbocycles. The molecular formula is C22H36O5. The summed E-state index contributed by atoms with van der Waals surface area (Å²) in [6, 6.07) is 0. The number of benzene rings is 1. The fraction of sp³-hybridized carbons (Fsp3) is 0.682. The second-order valence-corrected chi connectivity index (χ2v) is 8.52. The minimum absolute atomic E-state index is 0.276. The van der Waals surface area contributed by atoms with Gasteiger partial charge in [0, 0.05) is 5.56 Å². The number of carboxylic acids is 1. The maximum atomic E-state index is 11.2. The number of hydrogen-bond donors (Lipinski definition) is 3. The zero-order valence-corrected chi connectivity index (χ0v) is 17.9. The number of rotatable bonds is 10. The number of hydrogen-bond acceptors (Lipinski definition) is 4. The molecule has 0 saturated carbocycles. The summed E-state index contributed by atoms with van der Waals surface area (Å²) < 4.78 is 6.07. The smallest absolute Gasteiger partial charge is 0.309 e. The lowest BCUT2D eigenvalue weighted by atomic mass is 9.88. The summed E-state index contributed by atoms with van der Waals surface area (Å²) in [5.41, 5.74) is 1.85. The van der Waals surface area contributed by atoms with Gasteiger partial charge in [-0.15, -0.1) is 0 Å². The Balaban J connectivity index is 3.01. The van der Waals surface area contributed by atoms with Crippen molar-refractivity contribution in [1.82, 2.24) is 0 Å². The maximum absolute atomic E-state index is 11.2. The van der Waals surface area contributed by atoms with E-state index in [0.717, 1.165) is 28.0 Å². The number of carboxylic acid groups (broad SMARTS) is 1. The summed E-state index contributed by atoms with van der Waals surface area (Å²) in [6.45, 7) is 13.3. The molecule has 0 spiro atoms. The third kappa shape index (κ3) is 5.86. The summed E-state index contributed by atoms with van der Waals surface area (Å²) in [5.74, 6) is 0.221. The Hall–Kier alpha value is -1.75. The van der Waals surface area contributed by atoms with Crippen molar-refractivity contribution in [2.45, 2.75) is 86.2 Å². The van der Waals surface area contributed by atoms with Crippen LogP contribution in [-0.4, -0.2) is 33.5 Å². The summed E-state index contributed by atoms with van der Waals surface area (Å²) in [7, 11) is 0. The lowest BCUT2D eigenvalue weighted by Crippen LogP contribution is -2.24. The Kier molecular flexibility index (Phi) is 7.73. The zero-order valence-electron chi connectivity index (χ0n) is 17.9. The molecule has 154 valence electrons. The molecule has 1 rings (SSSR count). The molecule has 1 atom stereocenters. The number of aromatic hydroxyl groups is 1. The first-order valence-corrected chi connectivity index (χ1v) is 9.74. The van der Waals surface area contributed by atoms with Gasteiger partial charge in [0.05, 0.1) is 17.6 Å². The molecule has 0 radical (unpaired) electrons. The minimum Gasteiger partial charge on any atom is -0.507 e. The van der Waals surface area contributed by atoms with Crippen LogP contribution in [0, 0.1) is 26.2 Å². The van der Waals surface area contributed by atoms with Crippen LogP contribution in [0.5, 0.6) is 11.5 Å². The van der Waals surface area contributed by atoms with Crippen molar-refractivity contribution in [3.63, 3.8) is 0 Å². The summed E-state index contributed by atoms with van der Waals surface area (Å²) in [6.07, 6.45) is 3.00. The Morgan fingerprint density at radius 2 is 1.63 bits per heavy atom. The second-order valence-electron chi connectivity index (χ2n) is 8.52. The van der Waals surface area contributed by atoms with E-state index < -0.39 is 17.0 Å². The van der Waals surface area contributed by atoms with Crippen molar-refractivity contribution in [3.8, 4) is 11.5 Å². The Morgan fingerprint density at radius 1 is 1.04 bits per heavy atom. The molecule has 0 saturated heterocycles. The highest BCUT2D eigenvalue weighted by Gasteiger charge is 2.27. The van der Waals surface area contributed by atoms with Gasteiger partial charge >= 0.3 is 5.97 Å². The lowest BCUT2D eigenvalue weighted by molar-refractivity contribution is -0.147. The van der Waals surface area contributed by atoms with Crippen molar-refractivity contribution in [3.05, 3.63) is 22.3 Å². The number of ether oxygens (including phenoxy) is 1. The average Bonchev–Trinajstić information content (AvgIpc) is 2.60. The average molecular weight is 381 g/mol. The summed E-state index contributed by atoms with van der Waals surface area (Å²) >= 11 is 0. The van der Waals surface area contributed by atoms with Gasteiger partial charge in [0.25, 0.3) is 0 Å². The van der Waals surface area contributed by atoms with E-state index in [1.165, 1.54) is 0 Å².